The molecule has 3 rings (SSSR count). The molecule has 1 aliphatic heterocycles. The molecule has 2 N–H and O–H groups in total. The maximum Gasteiger partial charge on any atom is 0.318 e. The van der Waals surface area contributed by atoms with Gasteiger partial charge in [-0.15, -0.1) is 0 Å². The Balaban J connectivity index is 1.63. The minimum Gasteiger partial charge on any atom is -0.396 e. The molecule has 2 amide bonds. The van der Waals surface area contributed by atoms with Crippen LogP contribution >= 0.6 is 0 Å². The number of aliphatic hydroxyl groups excluding tert-OH is 1. The van der Waals surface area contributed by atoms with E-state index in [-0.39, 0.29) is 18.7 Å². The third-order valence-corrected chi connectivity index (χ3v) is 5.35. The molecule has 0 spiro atoms. The third-order valence-electron chi connectivity index (χ3n) is 5.35. The Morgan fingerprint density at radius 1 is 0.964 bits per heavy atom. The number of amides is 2. The van der Waals surface area contributed by atoms with E-state index in [4.69, 9.17) is 5.11 Å². The highest BCUT2D eigenvalue weighted by molar-refractivity contribution is 5.75. The molecule has 0 saturated carbocycles. The van der Waals surface area contributed by atoms with E-state index in [0.717, 1.165) is 56.7 Å². The van der Waals surface area contributed by atoms with Crippen LogP contribution < -0.4 is 5.32 Å². The number of carbonyl (C=O) groups excluding carboxylic acids is 1. The van der Waals surface area contributed by atoms with Gasteiger partial charge in [0.25, 0.3) is 0 Å². The second-order valence-corrected chi connectivity index (χ2v) is 7.46. The summed E-state index contributed by atoms with van der Waals surface area (Å²) in [6, 6.07) is 18.3. The van der Waals surface area contributed by atoms with E-state index in [1.54, 1.807) is 0 Å². The van der Waals surface area contributed by atoms with Crippen LogP contribution in [0.4, 0.5) is 4.79 Å². The van der Waals surface area contributed by atoms with Crippen molar-refractivity contribution in [1.29, 1.82) is 0 Å². The molecule has 2 aromatic carbocycles. The van der Waals surface area contributed by atoms with E-state index in [1.165, 1.54) is 5.56 Å². The van der Waals surface area contributed by atoms with Crippen LogP contribution in [-0.2, 0) is 0 Å². The standard InChI is InChI=1S/C23H31N3O2/c1-19-9-11-21(12-10-19)22(20-7-3-2-4-8-20)24-23(28)26-16-14-25(15-17-26)13-5-6-18-27/h2-4,7-12,22,27H,5-6,13-18H2,1H3,(H,24,28)/t22-/m1/s1. The van der Waals surface area contributed by atoms with E-state index in [2.05, 4.69) is 53.5 Å². The van der Waals surface area contributed by atoms with Gasteiger partial charge in [-0.2, -0.15) is 0 Å². The number of piperazine rings is 1. The van der Waals surface area contributed by atoms with Crippen molar-refractivity contribution in [1.82, 2.24) is 15.1 Å². The molecule has 1 fully saturated rings. The number of aryl methyl sites for hydroxylation is 1. The Morgan fingerprint density at radius 3 is 2.25 bits per heavy atom. The minimum absolute atomic E-state index is 0.00978. The summed E-state index contributed by atoms with van der Waals surface area (Å²) in [7, 11) is 0. The summed E-state index contributed by atoms with van der Waals surface area (Å²) in [5.41, 5.74) is 3.38. The summed E-state index contributed by atoms with van der Waals surface area (Å²) >= 11 is 0. The molecule has 0 aliphatic carbocycles. The molecular weight excluding hydrogens is 350 g/mol. The van der Waals surface area contributed by atoms with Crippen LogP contribution in [0.1, 0.15) is 35.6 Å². The number of hydrogen-bond donors (Lipinski definition) is 2. The summed E-state index contributed by atoms with van der Waals surface area (Å²) in [6.07, 6.45) is 1.85. The lowest BCUT2D eigenvalue weighted by Gasteiger charge is -2.35. The second kappa shape index (κ2) is 10.2. The fraction of sp³-hybridized carbons (Fsp3) is 0.435. The van der Waals surface area contributed by atoms with Crippen LogP contribution in [0.3, 0.4) is 0 Å². The molecule has 0 bridgehead atoms. The van der Waals surface area contributed by atoms with Gasteiger partial charge in [0.15, 0.2) is 0 Å². The molecule has 0 unspecified atom stereocenters. The summed E-state index contributed by atoms with van der Waals surface area (Å²) in [6.45, 7) is 6.56. The number of nitrogens with zero attached hydrogens (tertiary/aromatic N) is 2. The van der Waals surface area contributed by atoms with Crippen molar-refractivity contribution in [2.45, 2.75) is 25.8 Å². The van der Waals surface area contributed by atoms with Gasteiger partial charge in [0.05, 0.1) is 6.04 Å². The highest BCUT2D eigenvalue weighted by Gasteiger charge is 2.24. The lowest BCUT2D eigenvalue weighted by atomic mass is 9.98. The highest BCUT2D eigenvalue weighted by Crippen LogP contribution is 2.23. The molecule has 150 valence electrons. The molecule has 1 heterocycles. The number of urea groups is 1. The van der Waals surface area contributed by atoms with Crippen molar-refractivity contribution >= 4 is 6.03 Å². The average Bonchev–Trinajstić information content (AvgIpc) is 2.74. The Morgan fingerprint density at radius 2 is 1.61 bits per heavy atom. The highest BCUT2D eigenvalue weighted by atomic mass is 16.3. The third kappa shape index (κ3) is 5.57. The van der Waals surface area contributed by atoms with Crippen LogP contribution in [0.25, 0.3) is 0 Å². The summed E-state index contributed by atoms with van der Waals surface area (Å²) in [4.78, 5) is 17.2. The first kappa shape index (κ1) is 20.4. The maximum absolute atomic E-state index is 13.0. The lowest BCUT2D eigenvalue weighted by Crippen LogP contribution is -2.52. The summed E-state index contributed by atoms with van der Waals surface area (Å²) in [5.74, 6) is 0. The molecule has 1 atom stereocenters. The van der Waals surface area contributed by atoms with E-state index < -0.39 is 0 Å². The predicted molar refractivity (Wildman–Crippen MR) is 112 cm³/mol. The van der Waals surface area contributed by atoms with E-state index in [1.807, 2.05) is 23.1 Å². The fourth-order valence-corrected chi connectivity index (χ4v) is 3.60. The first-order valence-corrected chi connectivity index (χ1v) is 10.2. The fourth-order valence-electron chi connectivity index (χ4n) is 3.60. The molecular formula is C23H31N3O2. The summed E-state index contributed by atoms with van der Waals surface area (Å²) in [5, 5.41) is 12.2. The Hall–Kier alpha value is -2.37. The molecule has 5 heteroatoms. The number of rotatable bonds is 7. The number of hydrogen-bond acceptors (Lipinski definition) is 3. The van der Waals surface area contributed by atoms with Gasteiger partial charge in [0.2, 0.25) is 0 Å². The zero-order chi connectivity index (χ0) is 19.8. The largest absolute Gasteiger partial charge is 0.396 e. The number of aliphatic hydroxyl groups is 1. The van der Waals surface area contributed by atoms with Crippen molar-refractivity contribution in [2.24, 2.45) is 0 Å². The first-order valence-electron chi connectivity index (χ1n) is 10.2. The predicted octanol–water partition coefficient (Wildman–Crippen LogP) is 3.18. The van der Waals surface area contributed by atoms with Gasteiger partial charge >= 0.3 is 6.03 Å². The Bertz CT molecular complexity index is 725. The van der Waals surface area contributed by atoms with Gasteiger partial charge in [-0.1, -0.05) is 60.2 Å². The quantitative estimate of drug-likeness (QED) is 0.724. The monoisotopic (exact) mass is 381 g/mol. The number of nitrogens with one attached hydrogen (secondary N) is 1. The lowest BCUT2D eigenvalue weighted by molar-refractivity contribution is 0.135. The summed E-state index contributed by atoms with van der Waals surface area (Å²) < 4.78 is 0. The number of unbranched alkanes of at least 4 members (excludes halogenated alkanes) is 1. The molecule has 0 aromatic heterocycles. The van der Waals surface area contributed by atoms with E-state index >= 15 is 0 Å². The molecule has 1 saturated heterocycles. The number of benzene rings is 2. The van der Waals surface area contributed by atoms with Crippen LogP contribution in [0.5, 0.6) is 0 Å². The van der Waals surface area contributed by atoms with Crippen molar-refractivity contribution in [3.63, 3.8) is 0 Å². The molecule has 28 heavy (non-hydrogen) atoms. The van der Waals surface area contributed by atoms with Gasteiger partial charge in [0.1, 0.15) is 0 Å². The van der Waals surface area contributed by atoms with Crippen molar-refractivity contribution < 1.29 is 9.90 Å². The smallest absolute Gasteiger partial charge is 0.318 e. The average molecular weight is 382 g/mol. The SMILES string of the molecule is Cc1ccc([C@H](NC(=O)N2CCN(CCCCO)CC2)c2ccccc2)cc1. The molecule has 1 aliphatic rings. The topological polar surface area (TPSA) is 55.8 Å². The molecule has 5 nitrogen and oxygen atoms in total. The van der Waals surface area contributed by atoms with Gasteiger partial charge in [-0.3, -0.25) is 4.90 Å². The van der Waals surface area contributed by atoms with Gasteiger partial charge in [0, 0.05) is 32.8 Å². The normalized spacial score (nSPS) is 16.0. The first-order chi connectivity index (χ1) is 13.7. The molecule has 0 radical (unpaired) electrons. The molecule has 2 aromatic rings. The number of carbonyl (C=O) groups is 1. The zero-order valence-corrected chi connectivity index (χ0v) is 16.7. The van der Waals surface area contributed by atoms with Gasteiger partial charge in [-0.05, 0) is 37.4 Å². The second-order valence-electron chi connectivity index (χ2n) is 7.46. The van der Waals surface area contributed by atoms with Gasteiger partial charge < -0.3 is 15.3 Å². The van der Waals surface area contributed by atoms with E-state index in [0.29, 0.717) is 0 Å². The Kier molecular flexibility index (Phi) is 7.46. The van der Waals surface area contributed by atoms with Crippen molar-refractivity contribution in [3.05, 3.63) is 71.3 Å². The maximum atomic E-state index is 13.0. The van der Waals surface area contributed by atoms with Crippen LogP contribution in [0, 0.1) is 6.92 Å². The van der Waals surface area contributed by atoms with Crippen molar-refractivity contribution in [3.8, 4) is 0 Å². The van der Waals surface area contributed by atoms with Crippen LogP contribution in [0.15, 0.2) is 54.6 Å². The van der Waals surface area contributed by atoms with E-state index in [9.17, 15) is 4.79 Å². The van der Waals surface area contributed by atoms with Crippen LogP contribution in [0.2, 0.25) is 0 Å². The Labute approximate surface area is 168 Å². The van der Waals surface area contributed by atoms with Crippen LogP contribution in [-0.4, -0.2) is 60.3 Å². The minimum atomic E-state index is -0.156. The van der Waals surface area contributed by atoms with Gasteiger partial charge in [-0.25, -0.2) is 4.79 Å². The zero-order valence-electron chi connectivity index (χ0n) is 16.7. The van der Waals surface area contributed by atoms with Crippen molar-refractivity contribution in [2.75, 3.05) is 39.3 Å².